The van der Waals surface area contributed by atoms with Gasteiger partial charge in [-0.3, -0.25) is 4.79 Å². The number of nitriles is 1. The van der Waals surface area contributed by atoms with Gasteiger partial charge in [0.25, 0.3) is 5.91 Å². The van der Waals surface area contributed by atoms with Crippen molar-refractivity contribution in [3.8, 4) is 6.07 Å². The first-order valence-corrected chi connectivity index (χ1v) is 6.56. The van der Waals surface area contributed by atoms with Crippen LogP contribution in [0, 0.1) is 11.3 Å². The van der Waals surface area contributed by atoms with Gasteiger partial charge in [0.15, 0.2) is 6.10 Å². The molecule has 1 saturated heterocycles. The van der Waals surface area contributed by atoms with Gasteiger partial charge in [0.05, 0.1) is 36.0 Å². The first kappa shape index (κ1) is 16.1. The highest BCUT2D eigenvalue weighted by Gasteiger charge is 2.36. The largest absolute Gasteiger partial charge is 0.418 e. The summed E-state index contributed by atoms with van der Waals surface area (Å²) >= 11 is 0. The smallest absolute Gasteiger partial charge is 0.366 e. The second-order valence-electron chi connectivity index (χ2n) is 4.76. The van der Waals surface area contributed by atoms with Crippen molar-refractivity contribution >= 4 is 11.6 Å². The van der Waals surface area contributed by atoms with Crippen LogP contribution in [0.2, 0.25) is 0 Å². The third-order valence-electron chi connectivity index (χ3n) is 3.38. The van der Waals surface area contributed by atoms with Crippen LogP contribution >= 0.6 is 0 Å². The van der Waals surface area contributed by atoms with Crippen LogP contribution in [0.1, 0.15) is 11.1 Å². The zero-order valence-electron chi connectivity index (χ0n) is 11.8. The molecule has 1 N–H and O–H groups in total. The Morgan fingerprint density at radius 2 is 2.23 bits per heavy atom. The maximum Gasteiger partial charge on any atom is 0.418 e. The van der Waals surface area contributed by atoms with Gasteiger partial charge in [-0.15, -0.1) is 0 Å². The van der Waals surface area contributed by atoms with E-state index >= 15 is 0 Å². The molecule has 2 rings (SSSR count). The van der Waals surface area contributed by atoms with E-state index in [9.17, 15) is 18.0 Å². The fraction of sp³-hybridized carbons (Fsp3) is 0.429. The van der Waals surface area contributed by atoms with Crippen LogP contribution in [-0.2, 0) is 15.7 Å². The molecule has 0 aromatic heterocycles. The summed E-state index contributed by atoms with van der Waals surface area (Å²) in [5.41, 5.74) is -0.807. The lowest BCUT2D eigenvalue weighted by Gasteiger charge is -2.35. The Morgan fingerprint density at radius 3 is 2.82 bits per heavy atom. The van der Waals surface area contributed by atoms with Crippen molar-refractivity contribution in [3.05, 3.63) is 29.3 Å². The van der Waals surface area contributed by atoms with E-state index in [1.165, 1.54) is 18.0 Å². The molecule has 0 bridgehead atoms. The number of hydrogen-bond donors (Lipinski definition) is 1. The summed E-state index contributed by atoms with van der Waals surface area (Å²) < 4.78 is 44.7. The van der Waals surface area contributed by atoms with Crippen molar-refractivity contribution in [1.29, 1.82) is 5.26 Å². The number of nitrogens with one attached hydrogen (secondary N) is 1. The molecule has 1 aromatic rings. The minimum atomic E-state index is -4.54. The van der Waals surface area contributed by atoms with Gasteiger partial charge in [-0.1, -0.05) is 0 Å². The molecular weight excluding hydrogens is 299 g/mol. The zero-order valence-corrected chi connectivity index (χ0v) is 11.8. The lowest BCUT2D eigenvalue weighted by molar-refractivity contribution is -0.137. The van der Waals surface area contributed by atoms with Gasteiger partial charge >= 0.3 is 6.18 Å². The number of likely N-dealkylation sites (N-methyl/N-ethyl adjacent to an activating group) is 1. The second kappa shape index (κ2) is 6.23. The summed E-state index contributed by atoms with van der Waals surface area (Å²) in [5, 5.41) is 11.3. The van der Waals surface area contributed by atoms with Gasteiger partial charge in [-0.2, -0.15) is 18.4 Å². The molecule has 1 aliphatic rings. The fourth-order valence-electron chi connectivity index (χ4n) is 2.29. The lowest BCUT2D eigenvalue weighted by Crippen LogP contribution is -2.49. The maximum atomic E-state index is 13.1. The summed E-state index contributed by atoms with van der Waals surface area (Å²) in [6.45, 7) is 0.343. The molecule has 1 fully saturated rings. The fourth-order valence-corrected chi connectivity index (χ4v) is 2.29. The number of nitrogens with zero attached hydrogens (tertiary/aromatic N) is 2. The molecule has 22 heavy (non-hydrogen) atoms. The molecular formula is C14H14F3N3O2. The number of halogens is 3. The average Bonchev–Trinajstić information content (AvgIpc) is 2.52. The number of amides is 1. The van der Waals surface area contributed by atoms with Crippen LogP contribution in [0.25, 0.3) is 0 Å². The number of alkyl halides is 3. The summed E-state index contributed by atoms with van der Waals surface area (Å²) in [6.07, 6.45) is -5.38. The topological polar surface area (TPSA) is 65.4 Å². The number of carbonyl (C=O) groups is 1. The molecule has 1 atom stereocenters. The van der Waals surface area contributed by atoms with Crippen LogP contribution in [0.5, 0.6) is 0 Å². The van der Waals surface area contributed by atoms with Gasteiger partial charge in [0.1, 0.15) is 0 Å². The molecule has 1 amide bonds. The number of ether oxygens (including phenoxy) is 1. The molecule has 118 valence electrons. The molecule has 0 radical (unpaired) electrons. The van der Waals surface area contributed by atoms with Gasteiger partial charge < -0.3 is 15.0 Å². The van der Waals surface area contributed by atoms with E-state index in [0.29, 0.717) is 0 Å². The van der Waals surface area contributed by atoms with E-state index < -0.39 is 23.8 Å². The van der Waals surface area contributed by atoms with E-state index in [1.54, 1.807) is 0 Å². The Morgan fingerprint density at radius 1 is 1.50 bits per heavy atom. The van der Waals surface area contributed by atoms with Crippen LogP contribution in [0.15, 0.2) is 18.2 Å². The van der Waals surface area contributed by atoms with Crippen molar-refractivity contribution in [2.45, 2.75) is 12.3 Å². The highest BCUT2D eigenvalue weighted by molar-refractivity contribution is 5.81. The molecule has 1 aliphatic heterocycles. The summed E-state index contributed by atoms with van der Waals surface area (Å²) in [4.78, 5) is 13.0. The zero-order chi connectivity index (χ0) is 16.3. The molecule has 0 saturated carbocycles. The molecule has 5 nitrogen and oxygen atoms in total. The third-order valence-corrected chi connectivity index (χ3v) is 3.38. The molecule has 0 aliphatic carbocycles. The minimum Gasteiger partial charge on any atom is -0.366 e. The van der Waals surface area contributed by atoms with Crippen molar-refractivity contribution in [2.75, 3.05) is 31.6 Å². The number of anilines is 1. The maximum absolute atomic E-state index is 13.1. The second-order valence-corrected chi connectivity index (χ2v) is 4.76. The molecule has 8 heteroatoms. The molecule has 0 unspecified atom stereocenters. The highest BCUT2D eigenvalue weighted by Crippen LogP contribution is 2.37. The number of carbonyl (C=O) groups excluding carboxylic acids is 1. The number of rotatable bonds is 2. The first-order valence-electron chi connectivity index (χ1n) is 6.56. The summed E-state index contributed by atoms with van der Waals surface area (Å²) in [5.74, 6) is -0.394. The predicted molar refractivity (Wildman–Crippen MR) is 72.2 cm³/mol. The van der Waals surface area contributed by atoms with Gasteiger partial charge in [0.2, 0.25) is 0 Å². The Bertz CT molecular complexity index is 610. The van der Waals surface area contributed by atoms with E-state index in [4.69, 9.17) is 10.00 Å². The van der Waals surface area contributed by atoms with Crippen molar-refractivity contribution < 1.29 is 22.7 Å². The van der Waals surface area contributed by atoms with Crippen LogP contribution < -0.4 is 10.2 Å². The van der Waals surface area contributed by atoms with Crippen molar-refractivity contribution in [2.24, 2.45) is 0 Å². The average molecular weight is 313 g/mol. The van der Waals surface area contributed by atoms with E-state index in [-0.39, 0.29) is 30.9 Å². The molecule has 0 spiro atoms. The standard InChI is InChI=1S/C14H14F3N3O2/c1-19-13(21)12-8-20(4-5-22-12)11-6-9(7-18)2-3-10(11)14(15,16)17/h2-3,6,12H,4-5,8H2,1H3,(H,19,21)/t12-/m0/s1. The normalized spacial score (nSPS) is 18.7. The summed E-state index contributed by atoms with van der Waals surface area (Å²) in [6, 6.07) is 5.03. The number of benzene rings is 1. The Balaban J connectivity index is 2.38. The molecule has 1 heterocycles. The highest BCUT2D eigenvalue weighted by atomic mass is 19.4. The van der Waals surface area contributed by atoms with E-state index in [0.717, 1.165) is 12.1 Å². The van der Waals surface area contributed by atoms with Crippen LogP contribution in [-0.4, -0.2) is 38.8 Å². The predicted octanol–water partition coefficient (Wildman–Crippen LogP) is 1.53. The number of hydrogen-bond acceptors (Lipinski definition) is 4. The monoisotopic (exact) mass is 313 g/mol. The summed E-state index contributed by atoms with van der Waals surface area (Å²) in [7, 11) is 1.43. The lowest BCUT2D eigenvalue weighted by atomic mass is 10.1. The number of morpholine rings is 1. The Kier molecular flexibility index (Phi) is 4.56. The van der Waals surface area contributed by atoms with E-state index in [2.05, 4.69) is 5.32 Å². The Labute approximate surface area is 125 Å². The van der Waals surface area contributed by atoms with E-state index in [1.807, 2.05) is 6.07 Å². The third kappa shape index (κ3) is 3.31. The minimum absolute atomic E-state index is 0.00235. The van der Waals surface area contributed by atoms with Gasteiger partial charge in [-0.05, 0) is 18.2 Å². The van der Waals surface area contributed by atoms with Gasteiger partial charge in [-0.25, -0.2) is 0 Å². The first-order chi connectivity index (χ1) is 10.4. The van der Waals surface area contributed by atoms with Crippen molar-refractivity contribution in [3.63, 3.8) is 0 Å². The van der Waals surface area contributed by atoms with Crippen LogP contribution in [0.4, 0.5) is 18.9 Å². The van der Waals surface area contributed by atoms with Crippen LogP contribution in [0.3, 0.4) is 0 Å². The SMILES string of the molecule is CNC(=O)[C@@H]1CN(c2cc(C#N)ccc2C(F)(F)F)CCO1. The quantitative estimate of drug-likeness (QED) is 0.899. The Hall–Kier alpha value is -2.27. The van der Waals surface area contributed by atoms with Gasteiger partial charge in [0, 0.05) is 13.6 Å². The van der Waals surface area contributed by atoms with Crippen molar-refractivity contribution in [1.82, 2.24) is 5.32 Å². The molecule has 1 aromatic carbocycles.